The number of guanidine groups is 1. The molecule has 0 unspecified atom stereocenters. The molecule has 0 radical (unpaired) electrons. The quantitative estimate of drug-likeness (QED) is 0.220. The highest BCUT2D eigenvalue weighted by Crippen LogP contribution is 2.19. The van der Waals surface area contributed by atoms with Crippen molar-refractivity contribution < 1.29 is 22.3 Å². The van der Waals surface area contributed by atoms with E-state index in [1.807, 2.05) is 43.3 Å². The highest BCUT2D eigenvalue weighted by molar-refractivity contribution is 14.0. The summed E-state index contributed by atoms with van der Waals surface area (Å²) < 4.78 is 46.6. The fraction of sp³-hybridized carbons (Fsp3) is 0.304. The van der Waals surface area contributed by atoms with Crippen molar-refractivity contribution in [3.8, 4) is 11.5 Å². The minimum Gasteiger partial charge on any atom is -0.444 e. The number of hydrogen-bond donors (Lipinski definition) is 2. The molecule has 0 aliphatic heterocycles. The SMILES string of the molecule is CN=C(NCc1ccc(COCC(F)(F)F)cc1)NCc1coc(-c2ccc(C)cc2)n1.I. The molecular weight excluding hydrogens is 548 g/mol. The summed E-state index contributed by atoms with van der Waals surface area (Å²) >= 11 is 0. The second kappa shape index (κ2) is 12.6. The predicted octanol–water partition coefficient (Wildman–Crippen LogP) is 5.21. The van der Waals surface area contributed by atoms with Crippen molar-refractivity contribution in [1.29, 1.82) is 0 Å². The molecule has 0 bridgehead atoms. The van der Waals surface area contributed by atoms with E-state index in [4.69, 9.17) is 4.42 Å². The molecule has 10 heteroatoms. The Labute approximate surface area is 207 Å². The van der Waals surface area contributed by atoms with Crippen molar-refractivity contribution in [2.45, 2.75) is 32.8 Å². The van der Waals surface area contributed by atoms with E-state index in [-0.39, 0.29) is 30.6 Å². The first-order valence-electron chi connectivity index (χ1n) is 10.0. The molecule has 178 valence electrons. The van der Waals surface area contributed by atoms with Crippen molar-refractivity contribution in [2.24, 2.45) is 4.99 Å². The van der Waals surface area contributed by atoms with Crippen molar-refractivity contribution in [2.75, 3.05) is 13.7 Å². The number of halogens is 4. The molecule has 0 atom stereocenters. The summed E-state index contributed by atoms with van der Waals surface area (Å²) in [5.74, 6) is 1.14. The number of benzene rings is 2. The Bertz CT molecular complexity index is 1020. The first kappa shape index (κ1) is 26.7. The number of ether oxygens (including phenoxy) is 1. The van der Waals surface area contributed by atoms with Gasteiger partial charge in [0, 0.05) is 19.2 Å². The lowest BCUT2D eigenvalue weighted by Crippen LogP contribution is -2.36. The normalized spacial score (nSPS) is 11.7. The first-order chi connectivity index (χ1) is 15.3. The highest BCUT2D eigenvalue weighted by Gasteiger charge is 2.27. The number of alkyl halides is 3. The smallest absolute Gasteiger partial charge is 0.411 e. The molecule has 0 aliphatic rings. The number of hydrogen-bond acceptors (Lipinski definition) is 4. The molecule has 0 amide bonds. The van der Waals surface area contributed by atoms with Gasteiger partial charge in [0.2, 0.25) is 5.89 Å². The molecule has 0 saturated carbocycles. The van der Waals surface area contributed by atoms with Gasteiger partial charge >= 0.3 is 6.18 Å². The summed E-state index contributed by atoms with van der Waals surface area (Å²) in [4.78, 5) is 8.67. The molecule has 1 aromatic heterocycles. The zero-order valence-corrected chi connectivity index (χ0v) is 20.6. The van der Waals surface area contributed by atoms with Crippen LogP contribution in [0, 0.1) is 6.92 Å². The van der Waals surface area contributed by atoms with Crippen LogP contribution in [-0.2, 0) is 24.4 Å². The molecule has 1 heterocycles. The fourth-order valence-electron chi connectivity index (χ4n) is 2.84. The number of aliphatic imine (C=N–C) groups is 1. The molecule has 3 aromatic rings. The molecule has 3 rings (SSSR count). The maximum absolute atomic E-state index is 12.1. The topological polar surface area (TPSA) is 71.7 Å². The number of rotatable bonds is 8. The third-order valence-corrected chi connectivity index (χ3v) is 4.53. The third-order valence-electron chi connectivity index (χ3n) is 4.53. The second-order valence-corrected chi connectivity index (χ2v) is 7.21. The van der Waals surface area contributed by atoms with Crippen LogP contribution in [0.1, 0.15) is 22.4 Å². The molecule has 2 N–H and O–H groups in total. The predicted molar refractivity (Wildman–Crippen MR) is 131 cm³/mol. The number of aromatic nitrogens is 1. The molecular formula is C23H26F3IN4O2. The van der Waals surface area contributed by atoms with Gasteiger partial charge in [-0.1, -0.05) is 42.0 Å². The number of nitrogens with zero attached hydrogens (tertiary/aromatic N) is 2. The zero-order valence-electron chi connectivity index (χ0n) is 18.3. The van der Waals surface area contributed by atoms with Crippen LogP contribution in [0.15, 0.2) is 64.2 Å². The van der Waals surface area contributed by atoms with Gasteiger partial charge in [-0.15, -0.1) is 24.0 Å². The Morgan fingerprint density at radius 1 is 1.00 bits per heavy atom. The van der Waals surface area contributed by atoms with Gasteiger partial charge in [-0.25, -0.2) is 4.98 Å². The van der Waals surface area contributed by atoms with Gasteiger partial charge in [0.25, 0.3) is 0 Å². The van der Waals surface area contributed by atoms with Crippen LogP contribution in [-0.4, -0.2) is 30.8 Å². The van der Waals surface area contributed by atoms with Gasteiger partial charge in [0.05, 0.1) is 18.8 Å². The van der Waals surface area contributed by atoms with Crippen LogP contribution in [0.3, 0.4) is 0 Å². The van der Waals surface area contributed by atoms with Crippen LogP contribution in [0.4, 0.5) is 13.2 Å². The highest BCUT2D eigenvalue weighted by atomic mass is 127. The molecule has 2 aromatic carbocycles. The number of oxazole rings is 1. The molecule has 0 fully saturated rings. The van der Waals surface area contributed by atoms with Crippen molar-refractivity contribution >= 4 is 29.9 Å². The van der Waals surface area contributed by atoms with Gasteiger partial charge in [-0.3, -0.25) is 4.99 Å². The van der Waals surface area contributed by atoms with E-state index < -0.39 is 12.8 Å². The summed E-state index contributed by atoms with van der Waals surface area (Å²) in [7, 11) is 1.66. The Kier molecular flexibility index (Phi) is 10.2. The summed E-state index contributed by atoms with van der Waals surface area (Å²) in [5.41, 5.74) is 4.45. The Balaban J connectivity index is 0.00000385. The lowest BCUT2D eigenvalue weighted by Gasteiger charge is -2.11. The fourth-order valence-corrected chi connectivity index (χ4v) is 2.84. The monoisotopic (exact) mass is 574 g/mol. The Morgan fingerprint density at radius 3 is 2.27 bits per heavy atom. The summed E-state index contributed by atoms with van der Waals surface area (Å²) in [6.07, 6.45) is -2.71. The van der Waals surface area contributed by atoms with Crippen molar-refractivity contribution in [1.82, 2.24) is 15.6 Å². The average Bonchev–Trinajstić information content (AvgIpc) is 3.23. The summed E-state index contributed by atoms with van der Waals surface area (Å²) in [6.45, 7) is 1.62. The van der Waals surface area contributed by atoms with E-state index in [0.717, 1.165) is 16.8 Å². The second-order valence-electron chi connectivity index (χ2n) is 7.21. The van der Waals surface area contributed by atoms with Crippen LogP contribution < -0.4 is 10.6 Å². The van der Waals surface area contributed by atoms with E-state index in [2.05, 4.69) is 25.3 Å². The zero-order chi connectivity index (χ0) is 23.0. The maximum Gasteiger partial charge on any atom is 0.411 e. The van der Waals surface area contributed by atoms with Crippen molar-refractivity contribution in [3.05, 3.63) is 77.2 Å². The van der Waals surface area contributed by atoms with Crippen LogP contribution in [0.25, 0.3) is 11.5 Å². The largest absolute Gasteiger partial charge is 0.444 e. The Hall–Kier alpha value is -2.60. The number of nitrogens with one attached hydrogen (secondary N) is 2. The van der Waals surface area contributed by atoms with Crippen LogP contribution in [0.2, 0.25) is 0 Å². The van der Waals surface area contributed by atoms with Gasteiger partial charge < -0.3 is 19.8 Å². The van der Waals surface area contributed by atoms with Crippen molar-refractivity contribution in [3.63, 3.8) is 0 Å². The standard InChI is InChI=1S/C23H25F3N4O2.HI/c1-16-3-9-19(10-4-16)21-30-20(14-32-21)12-29-22(27-2)28-11-17-5-7-18(8-6-17)13-31-15-23(24,25)26;/h3-10,14H,11-13,15H2,1-2H3,(H2,27,28,29);1H. The maximum atomic E-state index is 12.1. The van der Waals surface area contributed by atoms with E-state index in [0.29, 0.717) is 30.5 Å². The number of aryl methyl sites for hydroxylation is 1. The van der Waals surface area contributed by atoms with E-state index >= 15 is 0 Å². The molecule has 6 nitrogen and oxygen atoms in total. The first-order valence-corrected chi connectivity index (χ1v) is 10.0. The van der Waals surface area contributed by atoms with E-state index in [9.17, 15) is 13.2 Å². The van der Waals surface area contributed by atoms with Gasteiger partial charge in [-0.05, 0) is 30.2 Å². The Morgan fingerprint density at radius 2 is 1.64 bits per heavy atom. The van der Waals surface area contributed by atoms with Gasteiger partial charge in [-0.2, -0.15) is 13.2 Å². The molecule has 0 aliphatic carbocycles. The molecule has 33 heavy (non-hydrogen) atoms. The summed E-state index contributed by atoms with van der Waals surface area (Å²) in [6, 6.07) is 15.1. The third kappa shape index (κ3) is 9.04. The van der Waals surface area contributed by atoms with E-state index in [1.165, 1.54) is 5.56 Å². The minimum absolute atomic E-state index is 0. The van der Waals surface area contributed by atoms with Gasteiger partial charge in [0.15, 0.2) is 5.96 Å². The molecule has 0 spiro atoms. The van der Waals surface area contributed by atoms with Crippen LogP contribution in [0.5, 0.6) is 0 Å². The average molecular weight is 574 g/mol. The minimum atomic E-state index is -4.32. The summed E-state index contributed by atoms with van der Waals surface area (Å²) in [5, 5.41) is 6.36. The molecule has 0 saturated heterocycles. The van der Waals surface area contributed by atoms with E-state index in [1.54, 1.807) is 25.4 Å². The van der Waals surface area contributed by atoms with Gasteiger partial charge in [0.1, 0.15) is 12.9 Å². The van der Waals surface area contributed by atoms with Crippen LogP contribution >= 0.6 is 24.0 Å². The lowest BCUT2D eigenvalue weighted by atomic mass is 10.1. The lowest BCUT2D eigenvalue weighted by molar-refractivity contribution is -0.176.